The van der Waals surface area contributed by atoms with Crippen molar-refractivity contribution >= 4 is 28.5 Å². The first-order valence-electron chi connectivity index (χ1n) is 6.67. The van der Waals surface area contributed by atoms with Crippen molar-refractivity contribution in [1.82, 2.24) is 9.88 Å². The summed E-state index contributed by atoms with van der Waals surface area (Å²) in [5.41, 5.74) is 2.65. The lowest BCUT2D eigenvalue weighted by molar-refractivity contribution is 0.0695. The maximum Gasteiger partial charge on any atom is 0.336 e. The summed E-state index contributed by atoms with van der Waals surface area (Å²) >= 11 is 6.17. The van der Waals surface area contributed by atoms with E-state index >= 15 is 0 Å². The summed E-state index contributed by atoms with van der Waals surface area (Å²) in [5.74, 6) is -0.908. The van der Waals surface area contributed by atoms with E-state index in [0.717, 1.165) is 30.8 Å². The fourth-order valence-electron chi connectivity index (χ4n) is 2.80. The molecule has 0 atom stereocenters. The van der Waals surface area contributed by atoms with Crippen LogP contribution in [0.5, 0.6) is 0 Å². The molecule has 0 aliphatic carbocycles. The lowest BCUT2D eigenvalue weighted by Gasteiger charge is -2.28. The first kappa shape index (κ1) is 13.3. The molecule has 4 nitrogen and oxygen atoms in total. The van der Waals surface area contributed by atoms with E-state index in [4.69, 9.17) is 11.6 Å². The van der Waals surface area contributed by atoms with Crippen molar-refractivity contribution in [2.75, 3.05) is 13.1 Å². The number of aromatic nitrogens is 1. The number of halogens is 1. The van der Waals surface area contributed by atoms with Crippen molar-refractivity contribution in [1.29, 1.82) is 0 Å². The Balaban J connectivity index is 2.32. The van der Waals surface area contributed by atoms with Gasteiger partial charge in [-0.25, -0.2) is 4.79 Å². The first-order chi connectivity index (χ1) is 9.61. The van der Waals surface area contributed by atoms with Gasteiger partial charge in [0.1, 0.15) is 0 Å². The Morgan fingerprint density at radius 3 is 3.00 bits per heavy atom. The number of rotatable bonds is 2. The molecule has 1 N–H and O–H groups in total. The second-order valence-corrected chi connectivity index (χ2v) is 5.38. The summed E-state index contributed by atoms with van der Waals surface area (Å²) < 4.78 is 0. The highest BCUT2D eigenvalue weighted by molar-refractivity contribution is 6.35. The number of aromatic carboxylic acids is 1. The highest BCUT2D eigenvalue weighted by atomic mass is 35.5. The Bertz CT molecular complexity index is 700. The minimum absolute atomic E-state index is 0.352. The van der Waals surface area contributed by atoms with Crippen LogP contribution in [0, 0.1) is 0 Å². The molecular weight excluding hydrogens is 276 g/mol. The Morgan fingerprint density at radius 2 is 2.30 bits per heavy atom. The van der Waals surface area contributed by atoms with Crippen LogP contribution in [0.3, 0.4) is 0 Å². The third-order valence-corrected chi connectivity index (χ3v) is 4.17. The van der Waals surface area contributed by atoms with Gasteiger partial charge in [0, 0.05) is 36.2 Å². The number of carbonyl (C=O) groups is 1. The largest absolute Gasteiger partial charge is 0.478 e. The molecule has 0 radical (unpaired) electrons. The summed E-state index contributed by atoms with van der Waals surface area (Å²) in [5, 5.41) is 10.7. The number of nitrogens with zero attached hydrogens (tertiary/aromatic N) is 2. The van der Waals surface area contributed by atoms with Crippen LogP contribution in [0.15, 0.2) is 18.2 Å². The van der Waals surface area contributed by atoms with Crippen molar-refractivity contribution in [2.24, 2.45) is 0 Å². The zero-order valence-electron chi connectivity index (χ0n) is 11.2. The SMILES string of the molecule is CCN1CCc2nc3c(Cl)cccc3c(C(=O)O)c2C1. The van der Waals surface area contributed by atoms with E-state index in [2.05, 4.69) is 16.8 Å². The Morgan fingerprint density at radius 1 is 1.50 bits per heavy atom. The predicted molar refractivity (Wildman–Crippen MR) is 78.4 cm³/mol. The van der Waals surface area contributed by atoms with E-state index in [1.54, 1.807) is 18.2 Å². The van der Waals surface area contributed by atoms with Crippen LogP contribution in [0.4, 0.5) is 0 Å². The van der Waals surface area contributed by atoms with Gasteiger partial charge in [0.2, 0.25) is 0 Å². The van der Waals surface area contributed by atoms with E-state index in [9.17, 15) is 9.90 Å². The van der Waals surface area contributed by atoms with Crippen LogP contribution in [0.25, 0.3) is 10.9 Å². The number of fused-ring (bicyclic) bond motifs is 2. The van der Waals surface area contributed by atoms with E-state index in [1.807, 2.05) is 0 Å². The number of benzene rings is 1. The molecule has 0 unspecified atom stereocenters. The highest BCUT2D eigenvalue weighted by Crippen LogP contribution is 2.31. The lowest BCUT2D eigenvalue weighted by Crippen LogP contribution is -2.32. The molecular formula is C15H15ClN2O2. The summed E-state index contributed by atoms with van der Waals surface area (Å²) in [6, 6.07) is 5.30. The molecule has 1 aliphatic rings. The number of hydrogen-bond acceptors (Lipinski definition) is 3. The highest BCUT2D eigenvalue weighted by Gasteiger charge is 2.25. The summed E-state index contributed by atoms with van der Waals surface area (Å²) in [4.78, 5) is 18.5. The van der Waals surface area contributed by atoms with Crippen LogP contribution >= 0.6 is 11.6 Å². The van der Waals surface area contributed by atoms with Gasteiger partial charge in [-0.15, -0.1) is 0 Å². The van der Waals surface area contributed by atoms with Crippen LogP contribution < -0.4 is 0 Å². The van der Waals surface area contributed by atoms with Gasteiger partial charge in [0.15, 0.2) is 0 Å². The quantitative estimate of drug-likeness (QED) is 0.924. The number of pyridine rings is 1. The van der Waals surface area contributed by atoms with Gasteiger partial charge in [0.05, 0.1) is 16.1 Å². The number of carboxylic acid groups (broad SMARTS) is 1. The first-order valence-corrected chi connectivity index (χ1v) is 7.05. The van der Waals surface area contributed by atoms with Gasteiger partial charge in [-0.1, -0.05) is 30.7 Å². The lowest BCUT2D eigenvalue weighted by atomic mass is 9.96. The maximum atomic E-state index is 11.7. The average Bonchev–Trinajstić information content (AvgIpc) is 2.44. The molecule has 2 aromatic rings. The Kier molecular flexibility index (Phi) is 3.36. The van der Waals surface area contributed by atoms with Gasteiger partial charge in [0.25, 0.3) is 0 Å². The summed E-state index contributed by atoms with van der Waals surface area (Å²) in [7, 11) is 0. The molecule has 0 bridgehead atoms. The molecule has 0 spiro atoms. The van der Waals surface area contributed by atoms with Gasteiger partial charge in [-0.3, -0.25) is 9.88 Å². The number of carboxylic acids is 1. The molecule has 0 saturated carbocycles. The summed E-state index contributed by atoms with van der Waals surface area (Å²) in [6.07, 6.45) is 0.768. The van der Waals surface area contributed by atoms with Gasteiger partial charge < -0.3 is 5.11 Å². The van der Waals surface area contributed by atoms with Crippen molar-refractivity contribution in [3.8, 4) is 0 Å². The smallest absolute Gasteiger partial charge is 0.336 e. The molecule has 5 heteroatoms. The molecule has 20 heavy (non-hydrogen) atoms. The molecule has 0 amide bonds. The molecule has 0 saturated heterocycles. The van der Waals surface area contributed by atoms with Crippen molar-refractivity contribution < 1.29 is 9.90 Å². The number of likely N-dealkylation sites (N-methyl/N-ethyl adjacent to an activating group) is 1. The normalized spacial score (nSPS) is 15.3. The maximum absolute atomic E-state index is 11.7. The van der Waals surface area contributed by atoms with Crippen LogP contribution in [-0.2, 0) is 13.0 Å². The van der Waals surface area contributed by atoms with E-state index in [1.165, 1.54) is 0 Å². The van der Waals surface area contributed by atoms with Gasteiger partial charge in [-0.2, -0.15) is 0 Å². The van der Waals surface area contributed by atoms with Gasteiger partial charge in [-0.05, 0) is 12.6 Å². The van der Waals surface area contributed by atoms with Crippen molar-refractivity contribution in [3.05, 3.63) is 40.0 Å². The third kappa shape index (κ3) is 2.05. The molecule has 2 heterocycles. The zero-order valence-corrected chi connectivity index (χ0v) is 11.9. The molecule has 0 fully saturated rings. The van der Waals surface area contributed by atoms with Crippen molar-refractivity contribution in [3.63, 3.8) is 0 Å². The molecule has 1 aromatic heterocycles. The second-order valence-electron chi connectivity index (χ2n) is 4.97. The molecule has 1 aliphatic heterocycles. The average molecular weight is 291 g/mol. The van der Waals surface area contributed by atoms with Crippen LogP contribution in [0.2, 0.25) is 5.02 Å². The predicted octanol–water partition coefficient (Wildman–Crippen LogP) is 2.96. The Hall–Kier alpha value is -1.65. The van der Waals surface area contributed by atoms with Crippen LogP contribution in [-0.4, -0.2) is 34.0 Å². The molecule has 3 rings (SSSR count). The van der Waals surface area contributed by atoms with Crippen LogP contribution in [0.1, 0.15) is 28.5 Å². The topological polar surface area (TPSA) is 53.4 Å². The fourth-order valence-corrected chi connectivity index (χ4v) is 3.01. The standard InChI is InChI=1S/C15H15ClN2O2/c1-2-18-7-6-12-10(8-18)13(15(19)20)9-4-3-5-11(16)14(9)17-12/h3-5H,2,6-8H2,1H3,(H,19,20). The van der Waals surface area contributed by atoms with E-state index in [-0.39, 0.29) is 0 Å². The van der Waals surface area contributed by atoms with Crippen molar-refractivity contribution in [2.45, 2.75) is 19.9 Å². The fraction of sp³-hybridized carbons (Fsp3) is 0.333. The minimum atomic E-state index is -0.908. The summed E-state index contributed by atoms with van der Waals surface area (Å²) in [6.45, 7) is 4.54. The monoisotopic (exact) mass is 290 g/mol. The van der Waals surface area contributed by atoms with E-state index in [0.29, 0.717) is 28.0 Å². The number of para-hydroxylation sites is 1. The molecule has 1 aromatic carbocycles. The second kappa shape index (κ2) is 5.04. The zero-order chi connectivity index (χ0) is 14.3. The molecule has 104 valence electrons. The number of hydrogen-bond donors (Lipinski definition) is 1. The minimum Gasteiger partial charge on any atom is -0.478 e. The Labute approximate surface area is 122 Å². The van der Waals surface area contributed by atoms with E-state index < -0.39 is 5.97 Å². The third-order valence-electron chi connectivity index (χ3n) is 3.86. The van der Waals surface area contributed by atoms with Gasteiger partial charge >= 0.3 is 5.97 Å².